The van der Waals surface area contributed by atoms with Crippen LogP contribution in [0, 0.1) is 0 Å². The van der Waals surface area contributed by atoms with Gasteiger partial charge in [0, 0.05) is 18.9 Å². The molecule has 0 fully saturated rings. The summed E-state index contributed by atoms with van der Waals surface area (Å²) in [5.41, 5.74) is 2.88. The summed E-state index contributed by atoms with van der Waals surface area (Å²) in [5.74, 6) is -0.388. The van der Waals surface area contributed by atoms with Crippen molar-refractivity contribution >= 4 is 17.5 Å². The molecule has 3 aromatic rings. The first-order valence-corrected chi connectivity index (χ1v) is 7.62. The number of imidazole rings is 1. The van der Waals surface area contributed by atoms with Crippen LogP contribution in [0.2, 0.25) is 0 Å². The molecule has 0 bridgehead atoms. The average molecular weight is 305 g/mol. The number of aryl methyl sites for hydroxylation is 1. The van der Waals surface area contributed by atoms with E-state index in [9.17, 15) is 9.59 Å². The van der Waals surface area contributed by atoms with Crippen molar-refractivity contribution in [3.05, 3.63) is 71.7 Å². The second-order valence-corrected chi connectivity index (χ2v) is 5.61. The lowest BCUT2D eigenvalue weighted by atomic mass is 10.1. The molecule has 1 aromatic carbocycles. The SMILES string of the molecule is O=C1c2ccccc2C(=O)N1CCCc1cn2ccccc2n1. The van der Waals surface area contributed by atoms with E-state index < -0.39 is 0 Å². The lowest BCUT2D eigenvalue weighted by molar-refractivity contribution is 0.0652. The maximum atomic E-state index is 12.3. The van der Waals surface area contributed by atoms with Crippen LogP contribution in [-0.4, -0.2) is 32.6 Å². The maximum absolute atomic E-state index is 12.3. The molecule has 0 atom stereocenters. The lowest BCUT2D eigenvalue weighted by Gasteiger charge is -2.12. The molecule has 1 aliphatic rings. The lowest BCUT2D eigenvalue weighted by Crippen LogP contribution is -2.30. The van der Waals surface area contributed by atoms with Gasteiger partial charge in [-0.15, -0.1) is 0 Å². The second-order valence-electron chi connectivity index (χ2n) is 5.61. The van der Waals surface area contributed by atoms with Crippen LogP contribution >= 0.6 is 0 Å². The summed E-state index contributed by atoms with van der Waals surface area (Å²) in [6.45, 7) is 0.417. The third-order valence-electron chi connectivity index (χ3n) is 4.11. The molecule has 4 rings (SSSR count). The third kappa shape index (κ3) is 2.30. The van der Waals surface area contributed by atoms with Gasteiger partial charge in [0.05, 0.1) is 16.8 Å². The van der Waals surface area contributed by atoms with Gasteiger partial charge in [0.1, 0.15) is 5.65 Å². The van der Waals surface area contributed by atoms with E-state index in [-0.39, 0.29) is 11.8 Å². The minimum Gasteiger partial charge on any atom is -0.307 e. The number of nitrogens with zero attached hydrogens (tertiary/aromatic N) is 3. The van der Waals surface area contributed by atoms with Gasteiger partial charge in [-0.1, -0.05) is 18.2 Å². The summed E-state index contributed by atoms with van der Waals surface area (Å²) in [5, 5.41) is 0. The first kappa shape index (κ1) is 13.7. The van der Waals surface area contributed by atoms with Crippen LogP contribution in [0.3, 0.4) is 0 Å². The number of hydrogen-bond donors (Lipinski definition) is 0. The highest BCUT2D eigenvalue weighted by molar-refractivity contribution is 6.21. The Kier molecular flexibility index (Phi) is 3.19. The molecule has 0 saturated heterocycles. The molecular formula is C18H15N3O2. The third-order valence-corrected chi connectivity index (χ3v) is 4.11. The van der Waals surface area contributed by atoms with Gasteiger partial charge >= 0.3 is 0 Å². The van der Waals surface area contributed by atoms with Crippen molar-refractivity contribution in [1.82, 2.24) is 14.3 Å². The Morgan fingerprint density at radius 2 is 1.61 bits per heavy atom. The highest BCUT2D eigenvalue weighted by atomic mass is 16.2. The van der Waals surface area contributed by atoms with E-state index in [4.69, 9.17) is 0 Å². The number of carbonyl (C=O) groups excluding carboxylic acids is 2. The molecule has 5 heteroatoms. The highest BCUT2D eigenvalue weighted by Crippen LogP contribution is 2.22. The number of hydrogen-bond acceptors (Lipinski definition) is 3. The quantitative estimate of drug-likeness (QED) is 0.696. The van der Waals surface area contributed by atoms with E-state index in [1.165, 1.54) is 4.90 Å². The Morgan fingerprint density at radius 1 is 0.913 bits per heavy atom. The van der Waals surface area contributed by atoms with Gasteiger partial charge in [0.2, 0.25) is 0 Å². The molecule has 114 valence electrons. The molecule has 23 heavy (non-hydrogen) atoms. The number of imide groups is 1. The molecular weight excluding hydrogens is 290 g/mol. The highest BCUT2D eigenvalue weighted by Gasteiger charge is 2.34. The topological polar surface area (TPSA) is 54.7 Å². The minimum absolute atomic E-state index is 0.194. The number of carbonyl (C=O) groups is 2. The molecule has 0 aliphatic carbocycles. The first-order chi connectivity index (χ1) is 11.2. The molecule has 0 N–H and O–H groups in total. The predicted molar refractivity (Wildman–Crippen MR) is 85.3 cm³/mol. The van der Waals surface area contributed by atoms with Gasteiger partial charge in [0.25, 0.3) is 11.8 Å². The monoisotopic (exact) mass is 305 g/mol. The summed E-state index contributed by atoms with van der Waals surface area (Å²) in [6.07, 6.45) is 5.37. The van der Waals surface area contributed by atoms with Crippen LogP contribution in [-0.2, 0) is 6.42 Å². The van der Waals surface area contributed by atoms with E-state index in [2.05, 4.69) is 4.98 Å². The van der Waals surface area contributed by atoms with E-state index in [0.717, 1.165) is 17.8 Å². The molecule has 0 unspecified atom stereocenters. The summed E-state index contributed by atoms with van der Waals surface area (Å²) in [7, 11) is 0. The molecule has 0 saturated carbocycles. The number of pyridine rings is 1. The Balaban J connectivity index is 1.44. The van der Waals surface area contributed by atoms with Crippen molar-refractivity contribution in [2.75, 3.05) is 6.54 Å². The van der Waals surface area contributed by atoms with Crippen LogP contribution in [0.1, 0.15) is 32.8 Å². The van der Waals surface area contributed by atoms with E-state index in [1.807, 2.05) is 35.0 Å². The molecule has 1 aliphatic heterocycles. The van der Waals surface area contributed by atoms with Crippen molar-refractivity contribution < 1.29 is 9.59 Å². The zero-order chi connectivity index (χ0) is 15.8. The fourth-order valence-corrected chi connectivity index (χ4v) is 2.97. The number of fused-ring (bicyclic) bond motifs is 2. The molecule has 0 spiro atoms. The standard InChI is InChI=1S/C18H15N3O2/c22-17-14-7-1-2-8-15(14)18(23)21(17)11-5-6-13-12-20-10-4-3-9-16(20)19-13/h1-4,7-10,12H,5-6,11H2. The van der Waals surface area contributed by atoms with Gasteiger partial charge in [-0.2, -0.15) is 0 Å². The van der Waals surface area contributed by atoms with E-state index >= 15 is 0 Å². The van der Waals surface area contributed by atoms with Gasteiger partial charge in [-0.25, -0.2) is 4.98 Å². The van der Waals surface area contributed by atoms with Crippen LogP contribution in [0.25, 0.3) is 5.65 Å². The summed E-state index contributed by atoms with van der Waals surface area (Å²) in [6, 6.07) is 12.8. The smallest absolute Gasteiger partial charge is 0.261 e. The molecule has 5 nitrogen and oxygen atoms in total. The van der Waals surface area contributed by atoms with Crippen molar-refractivity contribution in [2.45, 2.75) is 12.8 Å². The number of rotatable bonds is 4. The molecule has 3 heterocycles. The largest absolute Gasteiger partial charge is 0.307 e. The fraction of sp³-hybridized carbons (Fsp3) is 0.167. The van der Waals surface area contributed by atoms with E-state index in [0.29, 0.717) is 24.1 Å². The van der Waals surface area contributed by atoms with Crippen molar-refractivity contribution in [1.29, 1.82) is 0 Å². The molecule has 2 amide bonds. The van der Waals surface area contributed by atoms with Crippen LogP contribution < -0.4 is 0 Å². The Morgan fingerprint density at radius 3 is 2.30 bits per heavy atom. The van der Waals surface area contributed by atoms with Gasteiger partial charge < -0.3 is 4.40 Å². The Bertz CT molecular complexity index is 845. The number of aromatic nitrogens is 2. The van der Waals surface area contributed by atoms with Crippen molar-refractivity contribution in [3.8, 4) is 0 Å². The van der Waals surface area contributed by atoms with Gasteiger partial charge in [0.15, 0.2) is 0 Å². The first-order valence-electron chi connectivity index (χ1n) is 7.62. The zero-order valence-electron chi connectivity index (χ0n) is 12.5. The summed E-state index contributed by atoms with van der Waals surface area (Å²) < 4.78 is 1.97. The Hall–Kier alpha value is -2.95. The molecule has 0 radical (unpaired) electrons. The minimum atomic E-state index is -0.194. The van der Waals surface area contributed by atoms with Crippen LogP contribution in [0.5, 0.6) is 0 Å². The summed E-state index contributed by atoms with van der Waals surface area (Å²) >= 11 is 0. The summed E-state index contributed by atoms with van der Waals surface area (Å²) in [4.78, 5) is 30.4. The predicted octanol–water partition coefficient (Wildman–Crippen LogP) is 2.56. The Labute approximate surface area is 133 Å². The fourth-order valence-electron chi connectivity index (χ4n) is 2.97. The van der Waals surface area contributed by atoms with Gasteiger partial charge in [-0.3, -0.25) is 14.5 Å². The number of benzene rings is 1. The van der Waals surface area contributed by atoms with Crippen LogP contribution in [0.15, 0.2) is 54.9 Å². The number of amides is 2. The second kappa shape index (κ2) is 5.35. The normalized spacial score (nSPS) is 13.8. The van der Waals surface area contributed by atoms with Crippen molar-refractivity contribution in [3.63, 3.8) is 0 Å². The van der Waals surface area contributed by atoms with Gasteiger partial charge in [-0.05, 0) is 37.1 Å². The van der Waals surface area contributed by atoms with Crippen LogP contribution in [0.4, 0.5) is 0 Å². The maximum Gasteiger partial charge on any atom is 0.261 e. The average Bonchev–Trinajstić information content (AvgIpc) is 3.09. The van der Waals surface area contributed by atoms with E-state index in [1.54, 1.807) is 24.3 Å². The van der Waals surface area contributed by atoms with Crippen molar-refractivity contribution in [2.24, 2.45) is 0 Å². The molecule has 2 aromatic heterocycles. The zero-order valence-corrected chi connectivity index (χ0v) is 12.5.